The van der Waals surface area contributed by atoms with Gasteiger partial charge in [-0.1, -0.05) is 31.5 Å². The zero-order chi connectivity index (χ0) is 26.5. The molecule has 0 saturated carbocycles. The third-order valence-corrected chi connectivity index (χ3v) is 10.0. The number of nitrogens with one attached hydrogen (secondary N) is 1. The van der Waals surface area contributed by atoms with Crippen LogP contribution in [0.15, 0.2) is 59.5 Å². The number of benzene rings is 2. The number of rotatable bonds is 9. The average Bonchev–Trinajstić information content (AvgIpc) is 2.89. The van der Waals surface area contributed by atoms with Gasteiger partial charge in [0.05, 0.1) is 18.0 Å². The summed E-state index contributed by atoms with van der Waals surface area (Å²) in [5.74, 6) is 0.778. The van der Waals surface area contributed by atoms with Crippen molar-refractivity contribution in [3.05, 3.63) is 54.6 Å². The molecule has 0 aliphatic carbocycles. The van der Waals surface area contributed by atoms with Crippen LogP contribution >= 0.6 is 0 Å². The number of sulfonamides is 1. The molecule has 2 aromatic carbocycles. The fourth-order valence-corrected chi connectivity index (χ4v) is 7.33. The number of ether oxygens (including phenoxy) is 1. The van der Waals surface area contributed by atoms with Crippen LogP contribution in [-0.2, 0) is 14.8 Å². The molecule has 202 valence electrons. The molecule has 1 amide bonds. The molecule has 2 heterocycles. The molecule has 37 heavy (non-hydrogen) atoms. The number of likely N-dealkylation sites (tertiary alicyclic amines) is 1. The highest BCUT2D eigenvalue weighted by atomic mass is 32.2. The maximum Gasteiger partial charge on any atom is 0.243 e. The molecule has 0 bridgehead atoms. The highest BCUT2D eigenvalue weighted by Crippen LogP contribution is 2.46. The number of hydrogen-bond acceptors (Lipinski definition) is 5. The van der Waals surface area contributed by atoms with Gasteiger partial charge < -0.3 is 10.1 Å². The molecular formula is C29H41N3O4S. The summed E-state index contributed by atoms with van der Waals surface area (Å²) >= 11 is 0. The molecule has 0 radical (unpaired) electrons. The predicted molar refractivity (Wildman–Crippen MR) is 147 cm³/mol. The standard InChI is InChI=1S/C29H41N3O4S/c1-4-5-21-36-25-13-11-24(12-14-25)30-27(33)22-31-19-17-29(18-20-31)16-15-28(2,3)32(23-29)37(34,35)26-9-7-6-8-10-26/h6-14H,4-5,15-23H2,1-3H3,(H,30,33). The van der Waals surface area contributed by atoms with Gasteiger partial charge in [-0.2, -0.15) is 4.31 Å². The van der Waals surface area contributed by atoms with Crippen molar-refractivity contribution in [2.24, 2.45) is 5.41 Å². The number of anilines is 1. The number of nitrogens with zero attached hydrogens (tertiary/aromatic N) is 2. The summed E-state index contributed by atoms with van der Waals surface area (Å²) in [6.45, 7) is 9.34. The average molecular weight is 528 g/mol. The maximum absolute atomic E-state index is 13.6. The minimum absolute atomic E-state index is 0.0336. The molecule has 2 fully saturated rings. The SMILES string of the molecule is CCCCOc1ccc(NC(=O)CN2CCC3(CC2)CCC(C)(C)N(S(=O)(=O)c2ccccc2)C3)cc1. The number of unbranched alkanes of at least 4 members (excludes halogenated alkanes) is 1. The van der Waals surface area contributed by atoms with Gasteiger partial charge in [0.25, 0.3) is 0 Å². The predicted octanol–water partition coefficient (Wildman–Crippen LogP) is 5.15. The molecule has 4 rings (SSSR count). The van der Waals surface area contributed by atoms with Gasteiger partial charge in [0, 0.05) is 17.8 Å². The van der Waals surface area contributed by atoms with E-state index in [0.717, 1.165) is 63.1 Å². The summed E-state index contributed by atoms with van der Waals surface area (Å²) in [6.07, 6.45) is 5.73. The molecule has 2 aromatic rings. The first-order chi connectivity index (χ1) is 17.6. The Morgan fingerprint density at radius 2 is 1.65 bits per heavy atom. The van der Waals surface area contributed by atoms with Gasteiger partial charge in [0.1, 0.15) is 5.75 Å². The summed E-state index contributed by atoms with van der Waals surface area (Å²) in [5, 5.41) is 2.99. The molecule has 1 spiro atoms. The van der Waals surface area contributed by atoms with Crippen molar-refractivity contribution in [1.82, 2.24) is 9.21 Å². The Hall–Kier alpha value is -2.42. The summed E-state index contributed by atoms with van der Waals surface area (Å²) in [7, 11) is -3.58. The molecule has 1 N–H and O–H groups in total. The number of carbonyl (C=O) groups is 1. The third-order valence-electron chi connectivity index (χ3n) is 7.94. The molecule has 0 aromatic heterocycles. The van der Waals surface area contributed by atoms with Crippen LogP contribution in [0.2, 0.25) is 0 Å². The second-order valence-electron chi connectivity index (χ2n) is 11.2. The van der Waals surface area contributed by atoms with E-state index in [4.69, 9.17) is 4.74 Å². The summed E-state index contributed by atoms with van der Waals surface area (Å²) in [5.41, 5.74) is 0.295. The number of carbonyl (C=O) groups excluding carboxylic acids is 1. The normalized spacial score (nSPS) is 20.0. The molecular weight excluding hydrogens is 486 g/mol. The summed E-state index contributed by atoms with van der Waals surface area (Å²) in [4.78, 5) is 15.2. The zero-order valence-electron chi connectivity index (χ0n) is 22.4. The van der Waals surface area contributed by atoms with Gasteiger partial charge in [-0.3, -0.25) is 9.69 Å². The van der Waals surface area contributed by atoms with E-state index in [2.05, 4.69) is 17.1 Å². The van der Waals surface area contributed by atoms with Crippen molar-refractivity contribution in [3.63, 3.8) is 0 Å². The largest absolute Gasteiger partial charge is 0.494 e. The first kappa shape index (κ1) is 27.6. The monoisotopic (exact) mass is 527 g/mol. The van der Waals surface area contributed by atoms with Crippen molar-refractivity contribution < 1.29 is 17.9 Å². The first-order valence-corrected chi connectivity index (χ1v) is 14.9. The quantitative estimate of drug-likeness (QED) is 0.457. The molecule has 2 saturated heterocycles. The van der Waals surface area contributed by atoms with Crippen molar-refractivity contribution in [2.75, 3.05) is 38.1 Å². The van der Waals surface area contributed by atoms with Crippen LogP contribution in [0.3, 0.4) is 0 Å². The van der Waals surface area contributed by atoms with Crippen molar-refractivity contribution in [2.45, 2.75) is 69.7 Å². The van der Waals surface area contributed by atoms with Crippen molar-refractivity contribution in [3.8, 4) is 5.75 Å². The van der Waals surface area contributed by atoms with E-state index in [1.165, 1.54) is 0 Å². The first-order valence-electron chi connectivity index (χ1n) is 13.5. The highest BCUT2D eigenvalue weighted by molar-refractivity contribution is 7.89. The molecule has 2 aliphatic heterocycles. The lowest BCUT2D eigenvalue weighted by Crippen LogP contribution is -2.59. The van der Waals surface area contributed by atoms with Crippen molar-refractivity contribution in [1.29, 1.82) is 0 Å². The Kier molecular flexibility index (Phi) is 8.61. The van der Waals surface area contributed by atoms with Crippen molar-refractivity contribution >= 4 is 21.6 Å². The van der Waals surface area contributed by atoms with Gasteiger partial charge in [-0.05, 0) is 101 Å². The highest BCUT2D eigenvalue weighted by Gasteiger charge is 2.49. The Balaban J connectivity index is 1.31. The molecule has 0 atom stereocenters. The zero-order valence-corrected chi connectivity index (χ0v) is 23.2. The van der Waals surface area contributed by atoms with Crippen LogP contribution in [0.1, 0.15) is 59.3 Å². The lowest BCUT2D eigenvalue weighted by molar-refractivity contribution is -0.118. The molecule has 0 unspecified atom stereocenters. The fraction of sp³-hybridized carbons (Fsp3) is 0.552. The van der Waals surface area contributed by atoms with Gasteiger partial charge in [0.2, 0.25) is 15.9 Å². The van der Waals surface area contributed by atoms with E-state index in [0.29, 0.717) is 24.6 Å². The van der Waals surface area contributed by atoms with Crippen LogP contribution in [0.5, 0.6) is 5.75 Å². The van der Waals surface area contributed by atoms with E-state index in [-0.39, 0.29) is 11.3 Å². The van der Waals surface area contributed by atoms with E-state index in [9.17, 15) is 13.2 Å². The van der Waals surface area contributed by atoms with Crippen LogP contribution in [0.25, 0.3) is 0 Å². The second kappa shape index (κ2) is 11.5. The van der Waals surface area contributed by atoms with Gasteiger partial charge >= 0.3 is 0 Å². The van der Waals surface area contributed by atoms with Gasteiger partial charge in [0.15, 0.2) is 0 Å². The van der Waals surface area contributed by atoms with Crippen LogP contribution < -0.4 is 10.1 Å². The lowest BCUT2D eigenvalue weighted by atomic mass is 9.69. The van der Waals surface area contributed by atoms with Gasteiger partial charge in [-0.25, -0.2) is 8.42 Å². The minimum atomic E-state index is -3.58. The Bertz CT molecular complexity index is 1140. The van der Waals surface area contributed by atoms with E-state index >= 15 is 0 Å². The summed E-state index contributed by atoms with van der Waals surface area (Å²) < 4.78 is 34.5. The summed E-state index contributed by atoms with van der Waals surface area (Å²) in [6, 6.07) is 16.3. The number of piperidine rings is 2. The Morgan fingerprint density at radius 3 is 2.30 bits per heavy atom. The van der Waals surface area contributed by atoms with Crippen LogP contribution in [0.4, 0.5) is 5.69 Å². The fourth-order valence-electron chi connectivity index (χ4n) is 5.39. The molecule has 8 heteroatoms. The topological polar surface area (TPSA) is 79.0 Å². The lowest BCUT2D eigenvalue weighted by Gasteiger charge is -2.53. The Labute approximate surface area is 222 Å². The maximum atomic E-state index is 13.6. The van der Waals surface area contributed by atoms with Crippen LogP contribution in [0, 0.1) is 5.41 Å². The van der Waals surface area contributed by atoms with Crippen LogP contribution in [-0.4, -0.2) is 61.9 Å². The van der Waals surface area contributed by atoms with E-state index < -0.39 is 15.6 Å². The smallest absolute Gasteiger partial charge is 0.243 e. The number of hydrogen-bond donors (Lipinski definition) is 1. The molecule has 2 aliphatic rings. The van der Waals surface area contributed by atoms with E-state index in [1.54, 1.807) is 28.6 Å². The Morgan fingerprint density at radius 1 is 0.973 bits per heavy atom. The third kappa shape index (κ3) is 6.72. The van der Waals surface area contributed by atoms with E-state index in [1.807, 2.05) is 44.2 Å². The minimum Gasteiger partial charge on any atom is -0.494 e. The second-order valence-corrected chi connectivity index (χ2v) is 13.1. The molecule has 7 nitrogen and oxygen atoms in total. The van der Waals surface area contributed by atoms with Gasteiger partial charge in [-0.15, -0.1) is 0 Å². The number of amides is 1.